The molecule has 3 aliphatic rings. The molecule has 0 heterocycles. The van der Waals surface area contributed by atoms with Crippen LogP contribution in [-0.4, -0.2) is 19.0 Å². The monoisotopic (exact) mass is 250 g/mol. The molecule has 3 saturated carbocycles. The molecule has 4 atom stereocenters. The van der Waals surface area contributed by atoms with Gasteiger partial charge in [-0.25, -0.2) is 0 Å². The van der Waals surface area contributed by atoms with Gasteiger partial charge in [0.2, 0.25) is 5.91 Å². The lowest BCUT2D eigenvalue weighted by molar-refractivity contribution is -0.123. The quantitative estimate of drug-likeness (QED) is 0.801. The van der Waals surface area contributed by atoms with Crippen molar-refractivity contribution in [2.45, 2.75) is 44.9 Å². The Hall–Kier alpha value is -0.570. The summed E-state index contributed by atoms with van der Waals surface area (Å²) in [6.07, 6.45) is 9.06. The maximum absolute atomic E-state index is 12.1. The smallest absolute Gasteiger partial charge is 0.223 e. The van der Waals surface area contributed by atoms with Crippen LogP contribution in [0.3, 0.4) is 0 Å². The SMILES string of the molecule is NCC1CCCCC1CNC(=O)C1C2CCCC21. The molecule has 102 valence electrons. The molecule has 4 unspecified atom stereocenters. The molecule has 1 amide bonds. The maximum atomic E-state index is 12.1. The third-order valence-electron chi connectivity index (χ3n) is 5.62. The highest BCUT2D eigenvalue weighted by atomic mass is 16.2. The van der Waals surface area contributed by atoms with Crippen LogP contribution in [0.4, 0.5) is 0 Å². The zero-order valence-corrected chi connectivity index (χ0v) is 11.2. The van der Waals surface area contributed by atoms with Gasteiger partial charge in [-0.05, 0) is 55.9 Å². The van der Waals surface area contributed by atoms with E-state index in [1.165, 1.54) is 44.9 Å². The van der Waals surface area contributed by atoms with E-state index in [-0.39, 0.29) is 0 Å². The van der Waals surface area contributed by atoms with Crippen molar-refractivity contribution in [3.05, 3.63) is 0 Å². The molecule has 0 spiro atoms. The molecule has 0 aromatic heterocycles. The molecule has 3 fully saturated rings. The third-order valence-corrected chi connectivity index (χ3v) is 5.62. The molecule has 0 radical (unpaired) electrons. The summed E-state index contributed by atoms with van der Waals surface area (Å²) < 4.78 is 0. The fourth-order valence-electron chi connectivity index (χ4n) is 4.42. The highest BCUT2D eigenvalue weighted by Gasteiger charge is 2.56. The minimum atomic E-state index is 0.339. The predicted octanol–water partition coefficient (Wildman–Crippen LogP) is 1.91. The lowest BCUT2D eigenvalue weighted by Crippen LogP contribution is -2.38. The molecular weight excluding hydrogens is 224 g/mol. The maximum Gasteiger partial charge on any atom is 0.223 e. The van der Waals surface area contributed by atoms with E-state index < -0.39 is 0 Å². The number of hydrogen-bond donors (Lipinski definition) is 2. The van der Waals surface area contributed by atoms with Crippen molar-refractivity contribution in [2.75, 3.05) is 13.1 Å². The number of carbonyl (C=O) groups is 1. The summed E-state index contributed by atoms with van der Waals surface area (Å²) in [6.45, 7) is 1.66. The Morgan fingerprint density at radius 3 is 2.33 bits per heavy atom. The number of amides is 1. The van der Waals surface area contributed by atoms with Gasteiger partial charge in [0.25, 0.3) is 0 Å². The van der Waals surface area contributed by atoms with Gasteiger partial charge in [0, 0.05) is 12.5 Å². The minimum Gasteiger partial charge on any atom is -0.356 e. The number of rotatable bonds is 4. The first-order chi connectivity index (χ1) is 8.81. The first-order valence-corrected chi connectivity index (χ1v) is 7.79. The van der Waals surface area contributed by atoms with Gasteiger partial charge in [-0.15, -0.1) is 0 Å². The van der Waals surface area contributed by atoms with E-state index in [4.69, 9.17) is 5.73 Å². The van der Waals surface area contributed by atoms with Crippen LogP contribution in [0.15, 0.2) is 0 Å². The van der Waals surface area contributed by atoms with Gasteiger partial charge >= 0.3 is 0 Å². The van der Waals surface area contributed by atoms with Crippen molar-refractivity contribution in [1.29, 1.82) is 0 Å². The number of nitrogens with two attached hydrogens (primary N) is 1. The summed E-state index contributed by atoms with van der Waals surface area (Å²) in [6, 6.07) is 0. The van der Waals surface area contributed by atoms with Crippen molar-refractivity contribution in [3.8, 4) is 0 Å². The highest BCUT2D eigenvalue weighted by Crippen LogP contribution is 2.57. The van der Waals surface area contributed by atoms with Crippen LogP contribution in [0.1, 0.15) is 44.9 Å². The highest BCUT2D eigenvalue weighted by molar-refractivity contribution is 5.82. The van der Waals surface area contributed by atoms with Crippen molar-refractivity contribution < 1.29 is 4.79 Å². The lowest BCUT2D eigenvalue weighted by atomic mass is 9.79. The fourth-order valence-corrected chi connectivity index (χ4v) is 4.42. The van der Waals surface area contributed by atoms with Crippen LogP contribution in [0.5, 0.6) is 0 Å². The number of nitrogens with one attached hydrogen (secondary N) is 1. The fraction of sp³-hybridized carbons (Fsp3) is 0.933. The van der Waals surface area contributed by atoms with Gasteiger partial charge in [-0.3, -0.25) is 4.79 Å². The van der Waals surface area contributed by atoms with E-state index in [9.17, 15) is 4.79 Å². The molecule has 3 rings (SSSR count). The summed E-state index contributed by atoms with van der Waals surface area (Å²) in [5.74, 6) is 3.46. The van der Waals surface area contributed by atoms with E-state index in [1.807, 2.05) is 0 Å². The molecule has 0 aromatic carbocycles. The Morgan fingerprint density at radius 1 is 1.00 bits per heavy atom. The van der Waals surface area contributed by atoms with Crippen LogP contribution in [0.2, 0.25) is 0 Å². The molecule has 3 heteroatoms. The molecule has 3 N–H and O–H groups in total. The molecular formula is C15H26N2O. The minimum absolute atomic E-state index is 0.339. The van der Waals surface area contributed by atoms with E-state index in [0.29, 0.717) is 23.7 Å². The van der Waals surface area contributed by atoms with E-state index in [0.717, 1.165) is 24.9 Å². The molecule has 3 aliphatic carbocycles. The second kappa shape index (κ2) is 5.20. The zero-order chi connectivity index (χ0) is 12.5. The van der Waals surface area contributed by atoms with Crippen molar-refractivity contribution >= 4 is 5.91 Å². The molecule has 18 heavy (non-hydrogen) atoms. The number of hydrogen-bond acceptors (Lipinski definition) is 2. The van der Waals surface area contributed by atoms with Crippen molar-refractivity contribution in [1.82, 2.24) is 5.32 Å². The summed E-state index contributed by atoms with van der Waals surface area (Å²) in [5, 5.41) is 3.21. The second-order valence-electron chi connectivity index (χ2n) is 6.57. The van der Waals surface area contributed by atoms with Crippen molar-refractivity contribution in [3.63, 3.8) is 0 Å². The number of carbonyl (C=O) groups excluding carboxylic acids is 1. The molecule has 0 aliphatic heterocycles. The van der Waals surface area contributed by atoms with E-state index in [1.54, 1.807) is 0 Å². The Balaban J connectivity index is 1.44. The third kappa shape index (κ3) is 2.29. The standard InChI is InChI=1S/C15H26N2O/c16-8-10-4-1-2-5-11(10)9-17-15(18)14-12-6-3-7-13(12)14/h10-14H,1-9,16H2,(H,17,18). The Labute approximate surface area is 110 Å². The van der Waals surface area contributed by atoms with Crippen LogP contribution in [0.25, 0.3) is 0 Å². The van der Waals surface area contributed by atoms with Gasteiger partial charge in [-0.2, -0.15) is 0 Å². The van der Waals surface area contributed by atoms with E-state index in [2.05, 4.69) is 5.32 Å². The average molecular weight is 250 g/mol. The summed E-state index contributed by atoms with van der Waals surface area (Å²) in [5.41, 5.74) is 5.83. The first-order valence-electron chi connectivity index (χ1n) is 7.79. The van der Waals surface area contributed by atoms with Crippen LogP contribution >= 0.6 is 0 Å². The summed E-state index contributed by atoms with van der Waals surface area (Å²) in [7, 11) is 0. The molecule has 3 nitrogen and oxygen atoms in total. The van der Waals surface area contributed by atoms with Crippen LogP contribution in [0, 0.1) is 29.6 Å². The normalized spacial score (nSPS) is 42.4. The largest absolute Gasteiger partial charge is 0.356 e. The van der Waals surface area contributed by atoms with Gasteiger partial charge in [0.1, 0.15) is 0 Å². The topological polar surface area (TPSA) is 55.1 Å². The van der Waals surface area contributed by atoms with E-state index >= 15 is 0 Å². The lowest BCUT2D eigenvalue weighted by Gasteiger charge is -2.30. The van der Waals surface area contributed by atoms with Gasteiger partial charge in [0.15, 0.2) is 0 Å². The van der Waals surface area contributed by atoms with Crippen molar-refractivity contribution in [2.24, 2.45) is 35.3 Å². The predicted molar refractivity (Wildman–Crippen MR) is 71.8 cm³/mol. The summed E-state index contributed by atoms with van der Waals surface area (Å²) >= 11 is 0. The van der Waals surface area contributed by atoms with Gasteiger partial charge in [-0.1, -0.05) is 19.3 Å². The molecule has 0 saturated heterocycles. The van der Waals surface area contributed by atoms with Gasteiger partial charge < -0.3 is 11.1 Å². The Kier molecular flexibility index (Phi) is 3.60. The first kappa shape index (κ1) is 12.5. The van der Waals surface area contributed by atoms with Gasteiger partial charge in [0.05, 0.1) is 0 Å². The average Bonchev–Trinajstić information content (AvgIpc) is 2.89. The molecule has 0 bridgehead atoms. The van der Waals surface area contributed by atoms with Crippen LogP contribution in [-0.2, 0) is 4.79 Å². The second-order valence-corrected chi connectivity index (χ2v) is 6.57. The molecule has 0 aromatic rings. The Morgan fingerprint density at radius 2 is 1.67 bits per heavy atom. The summed E-state index contributed by atoms with van der Waals surface area (Å²) in [4.78, 5) is 12.1. The van der Waals surface area contributed by atoms with Crippen LogP contribution < -0.4 is 11.1 Å². The Bertz CT molecular complexity index is 308. The number of fused-ring (bicyclic) bond motifs is 1. The zero-order valence-electron chi connectivity index (χ0n) is 11.2.